The summed E-state index contributed by atoms with van der Waals surface area (Å²) < 4.78 is 11.4. The first-order valence-corrected chi connectivity index (χ1v) is 9.25. The minimum atomic E-state index is -0.420. The lowest BCUT2D eigenvalue weighted by Gasteiger charge is -2.17. The maximum atomic E-state index is 12.3. The highest BCUT2D eigenvalue weighted by Gasteiger charge is 2.23. The van der Waals surface area contributed by atoms with E-state index in [0.717, 1.165) is 17.7 Å². The number of amides is 2. The van der Waals surface area contributed by atoms with Crippen molar-refractivity contribution in [3.05, 3.63) is 17.7 Å². The third-order valence-corrected chi connectivity index (χ3v) is 4.12. The summed E-state index contributed by atoms with van der Waals surface area (Å²) in [5.41, 5.74) is 1.31. The van der Waals surface area contributed by atoms with Crippen molar-refractivity contribution in [1.82, 2.24) is 5.32 Å². The van der Waals surface area contributed by atoms with E-state index in [4.69, 9.17) is 9.47 Å². The number of anilines is 1. The van der Waals surface area contributed by atoms with E-state index >= 15 is 0 Å². The number of hydrogen-bond acceptors (Lipinski definition) is 4. The van der Waals surface area contributed by atoms with E-state index in [2.05, 4.69) is 10.6 Å². The molecule has 6 heteroatoms. The molecule has 0 aliphatic carbocycles. The normalized spacial score (nSPS) is 15.8. The molecule has 1 aliphatic rings. The van der Waals surface area contributed by atoms with Gasteiger partial charge in [-0.15, -0.1) is 0 Å². The fourth-order valence-electron chi connectivity index (χ4n) is 2.74. The van der Waals surface area contributed by atoms with Crippen molar-refractivity contribution in [3.63, 3.8) is 0 Å². The van der Waals surface area contributed by atoms with Crippen molar-refractivity contribution in [1.29, 1.82) is 0 Å². The number of ether oxygens (including phenoxy) is 2. The molecule has 0 bridgehead atoms. The minimum absolute atomic E-state index is 0.0126. The number of hydrogen-bond donors (Lipinski definition) is 2. The molecule has 0 fully saturated rings. The van der Waals surface area contributed by atoms with E-state index < -0.39 is 5.41 Å². The molecular formula is C20H30N2O4. The van der Waals surface area contributed by atoms with Crippen molar-refractivity contribution in [2.24, 2.45) is 5.41 Å². The summed E-state index contributed by atoms with van der Waals surface area (Å²) in [6, 6.07) is 3.78. The van der Waals surface area contributed by atoms with E-state index in [0.29, 0.717) is 37.4 Å². The second-order valence-electron chi connectivity index (χ2n) is 7.68. The third-order valence-electron chi connectivity index (χ3n) is 4.12. The highest BCUT2D eigenvalue weighted by atomic mass is 16.5. The standard InChI is InChI=1S/C20H30N2O4/c1-6-25-17-11-14-10-13(2)26-16(14)12-15(17)22-18(23)8-7-9-21-19(24)20(3,4)5/h11-13H,6-10H2,1-5H3,(H,21,24)(H,22,23). The van der Waals surface area contributed by atoms with Crippen LogP contribution in [0.2, 0.25) is 0 Å². The number of fused-ring (bicyclic) bond motifs is 1. The molecule has 0 aromatic heterocycles. The summed E-state index contributed by atoms with van der Waals surface area (Å²) in [6.45, 7) is 10.5. The van der Waals surface area contributed by atoms with Gasteiger partial charge >= 0.3 is 0 Å². The molecule has 0 saturated carbocycles. The van der Waals surface area contributed by atoms with E-state index in [1.54, 1.807) is 0 Å². The predicted molar refractivity (Wildman–Crippen MR) is 102 cm³/mol. The molecule has 2 amide bonds. The van der Waals surface area contributed by atoms with Gasteiger partial charge in [-0.25, -0.2) is 0 Å². The third kappa shape index (κ3) is 5.38. The highest BCUT2D eigenvalue weighted by Crippen LogP contribution is 2.38. The van der Waals surface area contributed by atoms with Crippen molar-refractivity contribution < 1.29 is 19.1 Å². The van der Waals surface area contributed by atoms with Gasteiger partial charge in [0.25, 0.3) is 0 Å². The Hall–Kier alpha value is -2.24. The first kappa shape index (κ1) is 20.1. The van der Waals surface area contributed by atoms with Crippen LogP contribution in [0.25, 0.3) is 0 Å². The van der Waals surface area contributed by atoms with Gasteiger partial charge in [-0.3, -0.25) is 9.59 Å². The van der Waals surface area contributed by atoms with Gasteiger partial charge in [0.2, 0.25) is 11.8 Å². The van der Waals surface area contributed by atoms with Gasteiger partial charge in [-0.05, 0) is 26.3 Å². The molecule has 1 aromatic carbocycles. The topological polar surface area (TPSA) is 76.7 Å². The van der Waals surface area contributed by atoms with Gasteiger partial charge in [0.1, 0.15) is 17.6 Å². The van der Waals surface area contributed by atoms with E-state index in [1.807, 2.05) is 46.8 Å². The number of rotatable bonds is 7. The average Bonchev–Trinajstić information content (AvgIpc) is 2.90. The first-order valence-electron chi connectivity index (χ1n) is 9.25. The minimum Gasteiger partial charge on any atom is -0.492 e. The first-order chi connectivity index (χ1) is 12.2. The van der Waals surface area contributed by atoms with Crippen LogP contribution in [0.15, 0.2) is 12.1 Å². The molecule has 2 rings (SSSR count). The van der Waals surface area contributed by atoms with Crippen LogP contribution in [-0.2, 0) is 16.0 Å². The molecule has 1 aliphatic heterocycles. The molecule has 6 nitrogen and oxygen atoms in total. The Balaban J connectivity index is 1.90. The summed E-state index contributed by atoms with van der Waals surface area (Å²) >= 11 is 0. The van der Waals surface area contributed by atoms with Gasteiger partial charge in [-0.1, -0.05) is 20.8 Å². The van der Waals surface area contributed by atoms with Crippen LogP contribution in [0.5, 0.6) is 11.5 Å². The Morgan fingerprint density at radius 2 is 2.04 bits per heavy atom. The molecule has 1 aromatic rings. The van der Waals surface area contributed by atoms with Gasteiger partial charge in [0.05, 0.1) is 12.3 Å². The zero-order chi connectivity index (χ0) is 19.3. The van der Waals surface area contributed by atoms with Crippen molar-refractivity contribution in [2.45, 2.75) is 60.0 Å². The van der Waals surface area contributed by atoms with Gasteiger partial charge < -0.3 is 20.1 Å². The Kier molecular flexibility index (Phi) is 6.51. The zero-order valence-electron chi connectivity index (χ0n) is 16.4. The Bertz CT molecular complexity index is 665. The smallest absolute Gasteiger partial charge is 0.225 e. The fraction of sp³-hybridized carbons (Fsp3) is 0.600. The molecule has 0 spiro atoms. The van der Waals surface area contributed by atoms with Crippen molar-refractivity contribution in [3.8, 4) is 11.5 Å². The molecule has 144 valence electrons. The summed E-state index contributed by atoms with van der Waals surface area (Å²) in [7, 11) is 0. The lowest BCUT2D eigenvalue weighted by molar-refractivity contribution is -0.128. The lowest BCUT2D eigenvalue weighted by atomic mass is 9.96. The van der Waals surface area contributed by atoms with E-state index in [-0.39, 0.29) is 17.9 Å². The second kappa shape index (κ2) is 8.43. The maximum Gasteiger partial charge on any atom is 0.225 e. The molecule has 1 unspecified atom stereocenters. The number of carbonyl (C=O) groups excluding carboxylic acids is 2. The predicted octanol–water partition coefficient (Wildman–Crippen LogP) is 3.29. The van der Waals surface area contributed by atoms with Gasteiger partial charge in [0.15, 0.2) is 0 Å². The second-order valence-corrected chi connectivity index (χ2v) is 7.68. The zero-order valence-corrected chi connectivity index (χ0v) is 16.4. The number of carbonyl (C=O) groups is 2. The summed E-state index contributed by atoms with van der Waals surface area (Å²) in [6.07, 6.45) is 1.88. The molecular weight excluding hydrogens is 332 g/mol. The largest absolute Gasteiger partial charge is 0.492 e. The molecule has 1 heterocycles. The average molecular weight is 362 g/mol. The quantitative estimate of drug-likeness (QED) is 0.730. The lowest BCUT2D eigenvalue weighted by Crippen LogP contribution is -2.35. The van der Waals surface area contributed by atoms with E-state index in [9.17, 15) is 9.59 Å². The van der Waals surface area contributed by atoms with E-state index in [1.165, 1.54) is 0 Å². The Morgan fingerprint density at radius 3 is 2.69 bits per heavy atom. The van der Waals surface area contributed by atoms with Crippen molar-refractivity contribution in [2.75, 3.05) is 18.5 Å². The fourth-order valence-corrected chi connectivity index (χ4v) is 2.74. The summed E-state index contributed by atoms with van der Waals surface area (Å²) in [4.78, 5) is 24.1. The summed E-state index contributed by atoms with van der Waals surface area (Å²) in [5.74, 6) is 1.34. The van der Waals surface area contributed by atoms with Crippen LogP contribution in [0.3, 0.4) is 0 Å². The highest BCUT2D eigenvalue weighted by molar-refractivity contribution is 5.92. The number of benzene rings is 1. The molecule has 0 saturated heterocycles. The molecule has 1 atom stereocenters. The van der Waals surface area contributed by atoms with Crippen molar-refractivity contribution >= 4 is 17.5 Å². The van der Waals surface area contributed by atoms with Crippen LogP contribution >= 0.6 is 0 Å². The molecule has 2 N–H and O–H groups in total. The Labute approximate surface area is 155 Å². The monoisotopic (exact) mass is 362 g/mol. The van der Waals surface area contributed by atoms with Crippen LogP contribution in [0.4, 0.5) is 5.69 Å². The van der Waals surface area contributed by atoms with Crippen LogP contribution < -0.4 is 20.1 Å². The SMILES string of the molecule is CCOc1cc2c(cc1NC(=O)CCCNC(=O)C(C)(C)C)OC(C)C2. The maximum absolute atomic E-state index is 12.3. The van der Waals surface area contributed by atoms with Gasteiger partial charge in [-0.2, -0.15) is 0 Å². The number of nitrogens with one attached hydrogen (secondary N) is 2. The molecule has 26 heavy (non-hydrogen) atoms. The Morgan fingerprint density at radius 1 is 1.31 bits per heavy atom. The molecule has 0 radical (unpaired) electrons. The summed E-state index contributed by atoms with van der Waals surface area (Å²) in [5, 5.41) is 5.75. The van der Waals surface area contributed by atoms with Crippen LogP contribution in [-0.4, -0.2) is 31.1 Å². The van der Waals surface area contributed by atoms with Crippen LogP contribution in [0.1, 0.15) is 53.0 Å². The van der Waals surface area contributed by atoms with Gasteiger partial charge in [0, 0.05) is 36.4 Å². The van der Waals surface area contributed by atoms with Crippen LogP contribution in [0, 0.1) is 5.41 Å².